The average Bonchev–Trinajstić information content (AvgIpc) is 2.48. The molecular formula is C19H29N3O2. The van der Waals surface area contributed by atoms with E-state index in [2.05, 4.69) is 10.6 Å². The van der Waals surface area contributed by atoms with E-state index in [1.165, 1.54) is 5.56 Å². The summed E-state index contributed by atoms with van der Waals surface area (Å²) in [5, 5.41) is 6.07. The first-order valence-corrected chi connectivity index (χ1v) is 8.65. The van der Waals surface area contributed by atoms with Crippen LogP contribution in [-0.2, 0) is 11.2 Å². The molecule has 0 aliphatic carbocycles. The largest absolute Gasteiger partial charge is 0.353 e. The number of hydrogen-bond donors (Lipinski definition) is 2. The second-order valence-electron chi connectivity index (χ2n) is 7.67. The van der Waals surface area contributed by atoms with Gasteiger partial charge in [-0.2, -0.15) is 0 Å². The van der Waals surface area contributed by atoms with Gasteiger partial charge < -0.3 is 15.5 Å². The van der Waals surface area contributed by atoms with Crippen molar-refractivity contribution in [3.63, 3.8) is 0 Å². The number of amides is 3. The Kier molecular flexibility index (Phi) is 5.86. The number of aryl methyl sites for hydroxylation is 1. The zero-order valence-corrected chi connectivity index (χ0v) is 15.2. The Morgan fingerprint density at radius 1 is 1.12 bits per heavy atom. The van der Waals surface area contributed by atoms with Gasteiger partial charge in [-0.05, 0) is 46.1 Å². The van der Waals surface area contributed by atoms with Gasteiger partial charge in [-0.15, -0.1) is 0 Å². The molecule has 1 heterocycles. The minimum Gasteiger partial charge on any atom is -0.353 e. The Balaban J connectivity index is 1.75. The van der Waals surface area contributed by atoms with Gasteiger partial charge in [0.15, 0.2) is 0 Å². The van der Waals surface area contributed by atoms with E-state index in [1.807, 2.05) is 56.9 Å². The van der Waals surface area contributed by atoms with Crippen LogP contribution in [-0.4, -0.2) is 41.5 Å². The highest BCUT2D eigenvalue weighted by Gasteiger charge is 2.25. The second kappa shape index (κ2) is 7.69. The first-order valence-electron chi connectivity index (χ1n) is 8.65. The van der Waals surface area contributed by atoms with Crippen LogP contribution < -0.4 is 10.6 Å². The van der Waals surface area contributed by atoms with E-state index in [-0.39, 0.29) is 23.5 Å². The standard InChI is InChI=1S/C19H29N3O2/c1-14-5-7-15(8-6-14)13-17(23)20-16-9-11-22(12-10-16)18(24)21-19(2,3)4/h5-8,16H,9-13H2,1-4H3,(H,20,23)(H,21,24). The first-order chi connectivity index (χ1) is 11.2. The zero-order valence-electron chi connectivity index (χ0n) is 15.2. The van der Waals surface area contributed by atoms with Gasteiger partial charge in [0.1, 0.15) is 0 Å². The average molecular weight is 331 g/mol. The Morgan fingerprint density at radius 2 is 1.71 bits per heavy atom. The molecule has 1 aliphatic rings. The van der Waals surface area contributed by atoms with Crippen molar-refractivity contribution in [2.45, 2.75) is 58.5 Å². The number of carbonyl (C=O) groups is 2. The molecule has 5 nitrogen and oxygen atoms in total. The molecule has 1 aromatic rings. The number of likely N-dealkylation sites (tertiary alicyclic amines) is 1. The van der Waals surface area contributed by atoms with Crippen LogP contribution in [0.5, 0.6) is 0 Å². The van der Waals surface area contributed by atoms with Crippen LogP contribution in [0.15, 0.2) is 24.3 Å². The maximum absolute atomic E-state index is 12.2. The van der Waals surface area contributed by atoms with Crippen LogP contribution in [0.25, 0.3) is 0 Å². The first kappa shape index (κ1) is 18.3. The third-order valence-electron chi connectivity index (χ3n) is 4.11. The fourth-order valence-electron chi connectivity index (χ4n) is 2.80. The third kappa shape index (κ3) is 5.87. The quantitative estimate of drug-likeness (QED) is 0.894. The van der Waals surface area contributed by atoms with Gasteiger partial charge in [0.2, 0.25) is 5.91 Å². The molecule has 1 fully saturated rings. The lowest BCUT2D eigenvalue weighted by Crippen LogP contribution is -2.53. The molecule has 5 heteroatoms. The van der Waals surface area contributed by atoms with Crippen LogP contribution in [0.2, 0.25) is 0 Å². The lowest BCUT2D eigenvalue weighted by molar-refractivity contribution is -0.121. The van der Waals surface area contributed by atoms with E-state index < -0.39 is 0 Å². The normalized spacial score (nSPS) is 15.9. The molecule has 0 radical (unpaired) electrons. The highest BCUT2D eigenvalue weighted by atomic mass is 16.2. The topological polar surface area (TPSA) is 61.4 Å². The molecule has 1 aromatic carbocycles. The van der Waals surface area contributed by atoms with E-state index in [1.54, 1.807) is 0 Å². The van der Waals surface area contributed by atoms with Crippen molar-refractivity contribution >= 4 is 11.9 Å². The third-order valence-corrected chi connectivity index (χ3v) is 4.11. The van der Waals surface area contributed by atoms with Crippen LogP contribution in [0, 0.1) is 6.92 Å². The van der Waals surface area contributed by atoms with Gasteiger partial charge in [-0.3, -0.25) is 4.79 Å². The van der Waals surface area contributed by atoms with Crippen LogP contribution in [0.3, 0.4) is 0 Å². The van der Waals surface area contributed by atoms with Gasteiger partial charge >= 0.3 is 6.03 Å². The summed E-state index contributed by atoms with van der Waals surface area (Å²) >= 11 is 0. The molecule has 0 saturated carbocycles. The van der Waals surface area contributed by atoms with Crippen LogP contribution in [0.4, 0.5) is 4.79 Å². The van der Waals surface area contributed by atoms with Crippen molar-refractivity contribution in [2.75, 3.05) is 13.1 Å². The second-order valence-corrected chi connectivity index (χ2v) is 7.67. The summed E-state index contributed by atoms with van der Waals surface area (Å²) in [5.74, 6) is 0.0523. The summed E-state index contributed by atoms with van der Waals surface area (Å²) in [6.07, 6.45) is 2.01. The van der Waals surface area contributed by atoms with Crippen molar-refractivity contribution in [3.8, 4) is 0 Å². The Morgan fingerprint density at radius 3 is 2.25 bits per heavy atom. The van der Waals surface area contributed by atoms with Gasteiger partial charge in [-0.25, -0.2) is 4.79 Å². The van der Waals surface area contributed by atoms with Crippen molar-refractivity contribution in [1.29, 1.82) is 0 Å². The minimum atomic E-state index is -0.226. The monoisotopic (exact) mass is 331 g/mol. The highest BCUT2D eigenvalue weighted by Crippen LogP contribution is 2.12. The molecule has 1 aliphatic heterocycles. The van der Waals surface area contributed by atoms with Gasteiger partial charge in [0, 0.05) is 24.7 Å². The van der Waals surface area contributed by atoms with E-state index in [0.29, 0.717) is 19.5 Å². The van der Waals surface area contributed by atoms with Gasteiger partial charge in [-0.1, -0.05) is 29.8 Å². The van der Waals surface area contributed by atoms with Crippen molar-refractivity contribution < 1.29 is 9.59 Å². The number of piperidine rings is 1. The van der Waals surface area contributed by atoms with Crippen molar-refractivity contribution in [1.82, 2.24) is 15.5 Å². The molecule has 24 heavy (non-hydrogen) atoms. The van der Waals surface area contributed by atoms with Crippen molar-refractivity contribution in [3.05, 3.63) is 35.4 Å². The molecule has 2 N–H and O–H groups in total. The van der Waals surface area contributed by atoms with Gasteiger partial charge in [0.05, 0.1) is 6.42 Å². The lowest BCUT2D eigenvalue weighted by Gasteiger charge is -2.34. The number of rotatable bonds is 3. The summed E-state index contributed by atoms with van der Waals surface area (Å²) in [5.41, 5.74) is 2.00. The van der Waals surface area contributed by atoms with Crippen molar-refractivity contribution in [2.24, 2.45) is 0 Å². The smallest absolute Gasteiger partial charge is 0.317 e. The minimum absolute atomic E-state index is 0.0214. The summed E-state index contributed by atoms with van der Waals surface area (Å²) in [4.78, 5) is 26.1. The van der Waals surface area contributed by atoms with E-state index in [0.717, 1.165) is 18.4 Å². The van der Waals surface area contributed by atoms with Gasteiger partial charge in [0.25, 0.3) is 0 Å². The molecule has 132 valence electrons. The predicted octanol–water partition coefficient (Wildman–Crippen LogP) is 2.63. The highest BCUT2D eigenvalue weighted by molar-refractivity contribution is 5.79. The Bertz CT molecular complexity index is 567. The number of carbonyl (C=O) groups excluding carboxylic acids is 2. The predicted molar refractivity (Wildman–Crippen MR) is 95.9 cm³/mol. The summed E-state index contributed by atoms with van der Waals surface area (Å²) < 4.78 is 0. The maximum Gasteiger partial charge on any atom is 0.317 e. The molecular weight excluding hydrogens is 302 g/mol. The lowest BCUT2D eigenvalue weighted by atomic mass is 10.0. The van der Waals surface area contributed by atoms with Crippen LogP contribution in [0.1, 0.15) is 44.7 Å². The van der Waals surface area contributed by atoms with E-state index in [9.17, 15) is 9.59 Å². The summed E-state index contributed by atoms with van der Waals surface area (Å²) in [6, 6.07) is 8.17. The molecule has 3 amide bonds. The number of nitrogens with one attached hydrogen (secondary N) is 2. The molecule has 2 rings (SSSR count). The Hall–Kier alpha value is -2.04. The molecule has 0 spiro atoms. The maximum atomic E-state index is 12.2. The fourth-order valence-corrected chi connectivity index (χ4v) is 2.80. The van der Waals surface area contributed by atoms with E-state index >= 15 is 0 Å². The van der Waals surface area contributed by atoms with E-state index in [4.69, 9.17) is 0 Å². The molecule has 0 aromatic heterocycles. The summed E-state index contributed by atoms with van der Waals surface area (Å²) in [6.45, 7) is 9.32. The number of hydrogen-bond acceptors (Lipinski definition) is 2. The number of benzene rings is 1. The number of urea groups is 1. The molecule has 0 bridgehead atoms. The fraction of sp³-hybridized carbons (Fsp3) is 0.579. The molecule has 0 atom stereocenters. The molecule has 1 saturated heterocycles. The number of nitrogens with zero attached hydrogens (tertiary/aromatic N) is 1. The Labute approximate surface area is 144 Å². The summed E-state index contributed by atoms with van der Waals surface area (Å²) in [7, 11) is 0. The molecule has 0 unspecified atom stereocenters. The SMILES string of the molecule is Cc1ccc(CC(=O)NC2CCN(C(=O)NC(C)(C)C)CC2)cc1. The van der Waals surface area contributed by atoms with Crippen LogP contribution >= 0.6 is 0 Å². The zero-order chi connectivity index (χ0) is 17.7.